The lowest BCUT2D eigenvalue weighted by Gasteiger charge is -2.28. The molecular weight excluding hydrogens is 224 g/mol. The number of carbonyl (C=O) groups is 1. The summed E-state index contributed by atoms with van der Waals surface area (Å²) in [6, 6.07) is -0.0461. The molecule has 1 heterocycles. The molecule has 1 amide bonds. The molecule has 0 spiro atoms. The van der Waals surface area contributed by atoms with E-state index in [4.69, 9.17) is 4.74 Å². The summed E-state index contributed by atoms with van der Waals surface area (Å²) in [4.78, 5) is 23.5. The van der Waals surface area contributed by atoms with Crippen LogP contribution >= 0.6 is 0 Å². The van der Waals surface area contributed by atoms with Crippen molar-refractivity contribution in [3.63, 3.8) is 0 Å². The maximum Gasteiger partial charge on any atom is 0.410 e. The van der Waals surface area contributed by atoms with Crippen LogP contribution in [0.3, 0.4) is 0 Å². The Morgan fingerprint density at radius 2 is 2.18 bits per heavy atom. The van der Waals surface area contributed by atoms with Gasteiger partial charge in [-0.1, -0.05) is 0 Å². The molecule has 0 saturated carbocycles. The number of hydrogen-bond donors (Lipinski definition) is 0. The van der Waals surface area contributed by atoms with Gasteiger partial charge in [0.1, 0.15) is 5.60 Å². The molecule has 0 unspecified atom stereocenters. The van der Waals surface area contributed by atoms with E-state index in [2.05, 4.69) is 0 Å². The number of ether oxygens (including phenoxy) is 1. The second-order valence-corrected chi connectivity index (χ2v) is 5.31. The first-order chi connectivity index (χ1) is 7.79. The van der Waals surface area contributed by atoms with Gasteiger partial charge in [-0.25, -0.2) is 4.79 Å². The van der Waals surface area contributed by atoms with Gasteiger partial charge in [0.2, 0.25) is 6.54 Å². The van der Waals surface area contributed by atoms with Crippen LogP contribution in [-0.4, -0.2) is 40.6 Å². The maximum atomic E-state index is 11.8. The molecule has 1 fully saturated rings. The van der Waals surface area contributed by atoms with Crippen molar-refractivity contribution in [2.45, 2.75) is 51.7 Å². The highest BCUT2D eigenvalue weighted by molar-refractivity contribution is 5.68. The van der Waals surface area contributed by atoms with E-state index >= 15 is 0 Å². The molecule has 0 aliphatic carbocycles. The Balaban J connectivity index is 2.51. The second kappa shape index (κ2) is 5.33. The Bertz CT molecular complexity index is 298. The van der Waals surface area contributed by atoms with Crippen molar-refractivity contribution in [3.8, 4) is 0 Å². The maximum absolute atomic E-state index is 11.8. The van der Waals surface area contributed by atoms with Crippen LogP contribution in [0.4, 0.5) is 4.79 Å². The van der Waals surface area contributed by atoms with E-state index in [-0.39, 0.29) is 23.6 Å². The minimum atomic E-state index is -0.521. The molecule has 6 heteroatoms. The molecule has 0 radical (unpaired) electrons. The molecule has 98 valence electrons. The second-order valence-electron chi connectivity index (χ2n) is 5.31. The number of nitro groups is 1. The van der Waals surface area contributed by atoms with Crippen LogP contribution in [0.2, 0.25) is 0 Å². The first-order valence-corrected chi connectivity index (χ1v) is 5.91. The molecule has 1 rings (SSSR count). The van der Waals surface area contributed by atoms with Crippen LogP contribution < -0.4 is 0 Å². The summed E-state index contributed by atoms with van der Waals surface area (Å²) in [5, 5.41) is 10.3. The minimum absolute atomic E-state index is 0.0461. The summed E-state index contributed by atoms with van der Waals surface area (Å²) >= 11 is 0. The quantitative estimate of drug-likeness (QED) is 0.562. The van der Waals surface area contributed by atoms with Gasteiger partial charge in [0.05, 0.1) is 0 Å². The van der Waals surface area contributed by atoms with Gasteiger partial charge in [-0.15, -0.1) is 0 Å². The molecule has 1 aliphatic rings. The topological polar surface area (TPSA) is 72.7 Å². The van der Waals surface area contributed by atoms with Gasteiger partial charge in [-0.2, -0.15) is 0 Å². The summed E-state index contributed by atoms with van der Waals surface area (Å²) in [6.45, 7) is 5.98. The van der Waals surface area contributed by atoms with Crippen molar-refractivity contribution >= 4 is 6.09 Å². The van der Waals surface area contributed by atoms with Gasteiger partial charge in [-0.05, 0) is 33.6 Å². The number of rotatable bonds is 3. The van der Waals surface area contributed by atoms with Gasteiger partial charge < -0.3 is 9.64 Å². The van der Waals surface area contributed by atoms with Gasteiger partial charge in [0, 0.05) is 23.9 Å². The van der Waals surface area contributed by atoms with Crippen LogP contribution in [0.5, 0.6) is 0 Å². The zero-order chi connectivity index (χ0) is 13.1. The van der Waals surface area contributed by atoms with E-state index in [0.29, 0.717) is 13.0 Å². The largest absolute Gasteiger partial charge is 0.444 e. The third-order valence-corrected chi connectivity index (χ3v) is 2.65. The number of nitrogens with zero attached hydrogens (tertiary/aromatic N) is 2. The average Bonchev–Trinajstić information content (AvgIpc) is 2.59. The van der Waals surface area contributed by atoms with E-state index in [1.807, 2.05) is 20.8 Å². The number of carbonyl (C=O) groups excluding carboxylic acids is 1. The van der Waals surface area contributed by atoms with E-state index in [1.54, 1.807) is 4.90 Å². The Kier molecular flexibility index (Phi) is 4.31. The number of hydrogen-bond acceptors (Lipinski definition) is 4. The van der Waals surface area contributed by atoms with Crippen molar-refractivity contribution < 1.29 is 14.5 Å². The van der Waals surface area contributed by atoms with Crippen LogP contribution in [-0.2, 0) is 4.74 Å². The highest BCUT2D eigenvalue weighted by atomic mass is 16.6. The minimum Gasteiger partial charge on any atom is -0.444 e. The Labute approximate surface area is 101 Å². The van der Waals surface area contributed by atoms with Crippen LogP contribution in [0, 0.1) is 10.1 Å². The fraction of sp³-hybridized carbons (Fsp3) is 0.909. The van der Waals surface area contributed by atoms with E-state index in [9.17, 15) is 14.9 Å². The predicted molar refractivity (Wildman–Crippen MR) is 62.4 cm³/mol. The molecule has 0 aromatic rings. The van der Waals surface area contributed by atoms with Crippen LogP contribution in [0.1, 0.15) is 40.0 Å². The Hall–Kier alpha value is -1.33. The lowest BCUT2D eigenvalue weighted by atomic mass is 10.1. The Morgan fingerprint density at radius 1 is 1.53 bits per heavy atom. The summed E-state index contributed by atoms with van der Waals surface area (Å²) in [6.07, 6.45) is 1.77. The standard InChI is InChI=1S/C11H20N2O4/c1-11(2,3)17-10(14)12-7-4-5-9(12)6-8-13(15)16/h9H,4-8H2,1-3H3/t9-/m1/s1. The van der Waals surface area contributed by atoms with Gasteiger partial charge in [0.25, 0.3) is 0 Å². The van der Waals surface area contributed by atoms with Crippen molar-refractivity contribution in [2.24, 2.45) is 0 Å². The SMILES string of the molecule is CC(C)(C)OC(=O)N1CCC[C@@H]1CC[N+](=O)[O-]. The lowest BCUT2D eigenvalue weighted by molar-refractivity contribution is -0.481. The fourth-order valence-corrected chi connectivity index (χ4v) is 1.95. The first kappa shape index (κ1) is 13.7. The van der Waals surface area contributed by atoms with Crippen molar-refractivity contribution in [3.05, 3.63) is 10.1 Å². The highest BCUT2D eigenvalue weighted by Gasteiger charge is 2.32. The Morgan fingerprint density at radius 3 is 2.71 bits per heavy atom. The van der Waals surface area contributed by atoms with Crippen LogP contribution in [0.25, 0.3) is 0 Å². The van der Waals surface area contributed by atoms with Crippen LogP contribution in [0.15, 0.2) is 0 Å². The molecule has 0 N–H and O–H groups in total. The van der Waals surface area contributed by atoms with Gasteiger partial charge in [0.15, 0.2) is 0 Å². The molecule has 0 aromatic heterocycles. The number of amides is 1. The first-order valence-electron chi connectivity index (χ1n) is 5.91. The molecule has 17 heavy (non-hydrogen) atoms. The van der Waals surface area contributed by atoms with E-state index in [1.165, 1.54) is 0 Å². The van der Waals surface area contributed by atoms with E-state index < -0.39 is 5.60 Å². The van der Waals surface area contributed by atoms with E-state index in [0.717, 1.165) is 12.8 Å². The molecule has 1 saturated heterocycles. The normalized spacial score (nSPS) is 20.4. The summed E-state index contributed by atoms with van der Waals surface area (Å²) in [5.74, 6) is 0. The molecule has 1 aliphatic heterocycles. The highest BCUT2D eigenvalue weighted by Crippen LogP contribution is 2.22. The summed E-state index contributed by atoms with van der Waals surface area (Å²) < 4.78 is 5.28. The zero-order valence-corrected chi connectivity index (χ0v) is 10.6. The molecule has 0 bridgehead atoms. The molecule has 6 nitrogen and oxygen atoms in total. The molecular formula is C11H20N2O4. The van der Waals surface area contributed by atoms with Crippen molar-refractivity contribution in [1.29, 1.82) is 0 Å². The third kappa shape index (κ3) is 4.58. The monoisotopic (exact) mass is 244 g/mol. The number of likely N-dealkylation sites (tertiary alicyclic amines) is 1. The van der Waals surface area contributed by atoms with Crippen molar-refractivity contribution in [2.75, 3.05) is 13.1 Å². The smallest absolute Gasteiger partial charge is 0.410 e. The molecule has 0 aromatic carbocycles. The fourth-order valence-electron chi connectivity index (χ4n) is 1.95. The average molecular weight is 244 g/mol. The summed E-state index contributed by atoms with van der Waals surface area (Å²) in [5.41, 5.74) is -0.521. The molecule has 1 atom stereocenters. The third-order valence-electron chi connectivity index (χ3n) is 2.65. The van der Waals surface area contributed by atoms with Crippen molar-refractivity contribution in [1.82, 2.24) is 4.90 Å². The predicted octanol–water partition coefficient (Wildman–Crippen LogP) is 2.05. The zero-order valence-electron chi connectivity index (χ0n) is 10.6. The van der Waals surface area contributed by atoms with Gasteiger partial charge >= 0.3 is 6.09 Å². The summed E-state index contributed by atoms with van der Waals surface area (Å²) in [7, 11) is 0. The van der Waals surface area contributed by atoms with Gasteiger partial charge in [-0.3, -0.25) is 10.1 Å². The lowest BCUT2D eigenvalue weighted by Crippen LogP contribution is -2.40.